The van der Waals surface area contributed by atoms with Gasteiger partial charge in [0, 0.05) is 5.41 Å². The van der Waals surface area contributed by atoms with Crippen LogP contribution in [0.25, 0.3) is 0 Å². The molecule has 1 fully saturated rings. The second-order valence-electron chi connectivity index (χ2n) is 3.02. The number of ether oxygens (including phenoxy) is 1. The Kier molecular flexibility index (Phi) is 1.68. The molecule has 1 aliphatic heterocycles. The Morgan fingerprint density at radius 1 is 1.90 bits per heavy atom. The molecule has 0 unspecified atom stereocenters. The molecular weight excluding hydrogens is 132 g/mol. The van der Waals surface area contributed by atoms with E-state index in [2.05, 4.69) is 4.74 Å². The van der Waals surface area contributed by atoms with Crippen molar-refractivity contribution < 1.29 is 14.6 Å². The Hall–Kier alpha value is -0.570. The number of aliphatic hydroxyl groups is 1. The molecule has 0 amide bonds. The van der Waals surface area contributed by atoms with Gasteiger partial charge in [0.15, 0.2) is 6.10 Å². The number of cyclic esters (lactones) is 1. The smallest absolute Gasteiger partial charge is 0.335 e. The molecule has 0 aromatic heterocycles. The van der Waals surface area contributed by atoms with Crippen LogP contribution in [-0.2, 0) is 9.53 Å². The molecule has 2 atom stereocenters. The third-order valence-corrected chi connectivity index (χ3v) is 2.24. The first-order valence-corrected chi connectivity index (χ1v) is 3.45. The summed E-state index contributed by atoms with van der Waals surface area (Å²) in [6.45, 7) is 4.14. The molecule has 1 N–H and O–H groups in total. The van der Waals surface area contributed by atoms with Crippen LogP contribution in [0.4, 0.5) is 0 Å². The van der Waals surface area contributed by atoms with Crippen molar-refractivity contribution in [3.8, 4) is 0 Å². The lowest BCUT2D eigenvalue weighted by Gasteiger charge is -2.20. The van der Waals surface area contributed by atoms with E-state index in [0.717, 1.165) is 6.42 Å². The lowest BCUT2D eigenvalue weighted by Crippen LogP contribution is -2.31. The summed E-state index contributed by atoms with van der Waals surface area (Å²) in [5.41, 5.74) is -0.350. The van der Waals surface area contributed by atoms with Gasteiger partial charge in [-0.15, -0.1) is 0 Å². The van der Waals surface area contributed by atoms with E-state index >= 15 is 0 Å². The third-order valence-electron chi connectivity index (χ3n) is 2.24. The van der Waals surface area contributed by atoms with Crippen molar-refractivity contribution in [1.29, 1.82) is 0 Å². The first kappa shape index (κ1) is 7.54. The number of rotatable bonds is 1. The quantitative estimate of drug-likeness (QED) is 0.539. The Balaban J connectivity index is 2.73. The predicted octanol–water partition coefficient (Wildman–Crippen LogP) is 0.320. The van der Waals surface area contributed by atoms with Crippen LogP contribution in [0.5, 0.6) is 0 Å². The minimum Gasteiger partial charge on any atom is -0.463 e. The minimum absolute atomic E-state index is 0.350. The monoisotopic (exact) mass is 144 g/mol. The molecule has 10 heavy (non-hydrogen) atoms. The molecular formula is C7H12O3. The van der Waals surface area contributed by atoms with E-state index in [1.165, 1.54) is 0 Å². The molecule has 1 saturated heterocycles. The van der Waals surface area contributed by atoms with Crippen LogP contribution in [0.1, 0.15) is 20.3 Å². The van der Waals surface area contributed by atoms with E-state index in [1.807, 2.05) is 13.8 Å². The molecule has 0 spiro atoms. The molecule has 0 saturated carbocycles. The van der Waals surface area contributed by atoms with Gasteiger partial charge in [-0.25, -0.2) is 4.79 Å². The number of hydrogen-bond donors (Lipinski definition) is 1. The fourth-order valence-corrected chi connectivity index (χ4v) is 0.974. The zero-order chi connectivity index (χ0) is 7.78. The molecule has 0 aromatic rings. The molecule has 0 bridgehead atoms. The van der Waals surface area contributed by atoms with Crippen molar-refractivity contribution in [3.63, 3.8) is 0 Å². The Morgan fingerprint density at radius 2 is 2.50 bits per heavy atom. The van der Waals surface area contributed by atoms with Gasteiger partial charge in [0.1, 0.15) is 0 Å². The summed E-state index contributed by atoms with van der Waals surface area (Å²) in [6.07, 6.45) is -0.155. The van der Waals surface area contributed by atoms with Crippen LogP contribution in [0, 0.1) is 5.41 Å². The summed E-state index contributed by atoms with van der Waals surface area (Å²) < 4.78 is 4.68. The van der Waals surface area contributed by atoms with Crippen LogP contribution in [-0.4, -0.2) is 23.8 Å². The predicted molar refractivity (Wildman–Crippen MR) is 35.4 cm³/mol. The van der Waals surface area contributed by atoms with Crippen LogP contribution < -0.4 is 0 Å². The lowest BCUT2D eigenvalue weighted by molar-refractivity contribution is -0.145. The van der Waals surface area contributed by atoms with Crippen molar-refractivity contribution in [2.24, 2.45) is 5.41 Å². The van der Waals surface area contributed by atoms with E-state index < -0.39 is 12.1 Å². The summed E-state index contributed by atoms with van der Waals surface area (Å²) in [4.78, 5) is 10.7. The number of carbonyl (C=O) groups is 1. The van der Waals surface area contributed by atoms with Gasteiger partial charge < -0.3 is 9.84 Å². The van der Waals surface area contributed by atoms with Crippen LogP contribution in [0.2, 0.25) is 0 Å². The molecule has 3 heteroatoms. The molecule has 1 heterocycles. The van der Waals surface area contributed by atoms with E-state index in [1.54, 1.807) is 0 Å². The topological polar surface area (TPSA) is 46.5 Å². The fraction of sp³-hybridized carbons (Fsp3) is 0.857. The van der Waals surface area contributed by atoms with Gasteiger partial charge in [0.05, 0.1) is 6.61 Å². The molecule has 1 rings (SSSR count). The second-order valence-corrected chi connectivity index (χ2v) is 3.02. The Labute approximate surface area is 60.0 Å². The first-order chi connectivity index (χ1) is 4.60. The molecule has 1 aliphatic rings. The van der Waals surface area contributed by atoms with E-state index in [9.17, 15) is 9.90 Å². The van der Waals surface area contributed by atoms with Gasteiger partial charge >= 0.3 is 5.97 Å². The van der Waals surface area contributed by atoms with Crippen LogP contribution in [0.3, 0.4) is 0 Å². The van der Waals surface area contributed by atoms with E-state index in [-0.39, 0.29) is 5.41 Å². The van der Waals surface area contributed by atoms with Crippen molar-refractivity contribution >= 4 is 5.97 Å². The summed E-state index contributed by atoms with van der Waals surface area (Å²) in [5, 5.41) is 9.24. The number of carbonyl (C=O) groups excluding carboxylic acids is 1. The lowest BCUT2D eigenvalue weighted by atomic mass is 9.84. The Bertz CT molecular complexity index is 155. The normalized spacial score (nSPS) is 39.9. The highest BCUT2D eigenvalue weighted by Gasteiger charge is 2.44. The van der Waals surface area contributed by atoms with Gasteiger partial charge in [-0.2, -0.15) is 0 Å². The Morgan fingerprint density at radius 3 is 2.70 bits per heavy atom. The first-order valence-electron chi connectivity index (χ1n) is 3.45. The average Bonchev–Trinajstić information content (AvgIpc) is 2.19. The maximum Gasteiger partial charge on any atom is 0.335 e. The zero-order valence-corrected chi connectivity index (χ0v) is 6.26. The molecule has 0 radical (unpaired) electrons. The summed E-state index contributed by atoms with van der Waals surface area (Å²) in [7, 11) is 0. The molecule has 58 valence electrons. The molecule has 0 aliphatic carbocycles. The van der Waals surface area contributed by atoms with Gasteiger partial charge in [0.2, 0.25) is 0 Å². The average molecular weight is 144 g/mol. The number of esters is 1. The maximum absolute atomic E-state index is 10.7. The fourth-order valence-electron chi connectivity index (χ4n) is 0.974. The van der Waals surface area contributed by atoms with E-state index in [0.29, 0.717) is 6.61 Å². The van der Waals surface area contributed by atoms with Crippen molar-refractivity contribution in [2.45, 2.75) is 26.4 Å². The SMILES string of the molecule is CC[C@]1(C)COC(=O)[C@H]1O. The van der Waals surface area contributed by atoms with Crippen molar-refractivity contribution in [2.75, 3.05) is 6.61 Å². The van der Waals surface area contributed by atoms with Crippen LogP contribution in [0.15, 0.2) is 0 Å². The largest absolute Gasteiger partial charge is 0.463 e. The van der Waals surface area contributed by atoms with Crippen LogP contribution >= 0.6 is 0 Å². The highest BCUT2D eigenvalue weighted by molar-refractivity contribution is 5.77. The maximum atomic E-state index is 10.7. The third kappa shape index (κ3) is 0.904. The molecule has 0 aromatic carbocycles. The van der Waals surface area contributed by atoms with Gasteiger partial charge in [0.25, 0.3) is 0 Å². The highest BCUT2D eigenvalue weighted by atomic mass is 16.6. The second kappa shape index (κ2) is 2.23. The number of aliphatic hydroxyl groups excluding tert-OH is 1. The number of hydrogen-bond acceptors (Lipinski definition) is 3. The standard InChI is InChI=1S/C7H12O3/c1-3-7(2)4-10-6(9)5(7)8/h5,8H,3-4H2,1-2H3/t5-,7-/m1/s1. The van der Waals surface area contributed by atoms with Gasteiger partial charge in [-0.05, 0) is 6.42 Å². The van der Waals surface area contributed by atoms with Crippen molar-refractivity contribution in [1.82, 2.24) is 0 Å². The van der Waals surface area contributed by atoms with Gasteiger partial charge in [-0.3, -0.25) is 0 Å². The molecule has 3 nitrogen and oxygen atoms in total. The minimum atomic E-state index is -0.919. The van der Waals surface area contributed by atoms with Crippen molar-refractivity contribution in [3.05, 3.63) is 0 Å². The highest BCUT2D eigenvalue weighted by Crippen LogP contribution is 2.32. The van der Waals surface area contributed by atoms with E-state index in [4.69, 9.17) is 0 Å². The van der Waals surface area contributed by atoms with Gasteiger partial charge in [-0.1, -0.05) is 13.8 Å². The summed E-state index contributed by atoms with van der Waals surface area (Å²) in [6, 6.07) is 0. The summed E-state index contributed by atoms with van der Waals surface area (Å²) >= 11 is 0. The zero-order valence-electron chi connectivity index (χ0n) is 6.26. The summed E-state index contributed by atoms with van der Waals surface area (Å²) in [5.74, 6) is -0.482.